The molecule has 1 fully saturated rings. The summed E-state index contributed by atoms with van der Waals surface area (Å²) in [6.45, 7) is 0.860. The van der Waals surface area contributed by atoms with E-state index in [1.165, 1.54) is 25.7 Å². The Kier molecular flexibility index (Phi) is 6.66. The van der Waals surface area contributed by atoms with Crippen molar-refractivity contribution in [1.82, 2.24) is 14.9 Å². The molecule has 1 aromatic rings. The molecule has 0 spiro atoms. The van der Waals surface area contributed by atoms with Gasteiger partial charge in [0.15, 0.2) is 0 Å². The summed E-state index contributed by atoms with van der Waals surface area (Å²) >= 11 is 3.38. The van der Waals surface area contributed by atoms with Gasteiger partial charge in [0.05, 0.1) is 11.0 Å². The van der Waals surface area contributed by atoms with Crippen molar-refractivity contribution >= 4 is 21.9 Å². The number of anilines is 1. The Morgan fingerprint density at radius 1 is 1.09 bits per heavy atom. The van der Waals surface area contributed by atoms with Crippen LogP contribution in [0.25, 0.3) is 0 Å². The summed E-state index contributed by atoms with van der Waals surface area (Å²) in [5.74, 6) is 8.14. The second-order valence-electron chi connectivity index (χ2n) is 6.28. The molecule has 0 N–H and O–H groups in total. The fourth-order valence-corrected chi connectivity index (χ4v) is 3.02. The van der Waals surface area contributed by atoms with Crippen molar-refractivity contribution in [1.29, 1.82) is 0 Å². The first-order chi connectivity index (χ1) is 10.6. The average molecular weight is 365 g/mol. The number of rotatable bonds is 4. The minimum atomic E-state index is 0.548. The maximum atomic E-state index is 4.39. The van der Waals surface area contributed by atoms with E-state index < -0.39 is 0 Å². The van der Waals surface area contributed by atoms with Crippen LogP contribution in [0.15, 0.2) is 16.9 Å². The van der Waals surface area contributed by atoms with Gasteiger partial charge in [0.25, 0.3) is 0 Å². The van der Waals surface area contributed by atoms with Gasteiger partial charge in [-0.2, -0.15) is 0 Å². The highest BCUT2D eigenvalue weighted by Gasteiger charge is 2.24. The van der Waals surface area contributed by atoms with Gasteiger partial charge >= 0.3 is 0 Å². The van der Waals surface area contributed by atoms with Crippen LogP contribution >= 0.6 is 15.9 Å². The molecular formula is C17H25BrN4. The van der Waals surface area contributed by atoms with Gasteiger partial charge in [-0.3, -0.25) is 4.90 Å². The van der Waals surface area contributed by atoms with Gasteiger partial charge < -0.3 is 4.90 Å². The Balaban J connectivity index is 1.78. The lowest BCUT2D eigenvalue weighted by atomic mass is 9.84. The van der Waals surface area contributed by atoms with Crippen LogP contribution in [-0.4, -0.2) is 48.6 Å². The molecule has 0 amide bonds. The molecule has 1 aromatic heterocycles. The second-order valence-corrected chi connectivity index (χ2v) is 7.20. The Morgan fingerprint density at radius 3 is 2.32 bits per heavy atom. The van der Waals surface area contributed by atoms with Crippen LogP contribution in [0.3, 0.4) is 0 Å². The zero-order chi connectivity index (χ0) is 15.9. The van der Waals surface area contributed by atoms with Crippen LogP contribution in [0.2, 0.25) is 0 Å². The first-order valence-corrected chi connectivity index (χ1v) is 8.66. The number of aromatic nitrogens is 2. The molecule has 2 rings (SSSR count). The van der Waals surface area contributed by atoms with Crippen LogP contribution in [0.1, 0.15) is 32.1 Å². The predicted molar refractivity (Wildman–Crippen MR) is 94.8 cm³/mol. The van der Waals surface area contributed by atoms with E-state index in [9.17, 15) is 0 Å². The highest BCUT2D eigenvalue weighted by atomic mass is 79.9. The molecule has 22 heavy (non-hydrogen) atoms. The van der Waals surface area contributed by atoms with E-state index in [2.05, 4.69) is 68.7 Å². The molecule has 1 aliphatic rings. The zero-order valence-electron chi connectivity index (χ0n) is 13.7. The Labute approximate surface area is 142 Å². The lowest BCUT2D eigenvalue weighted by molar-refractivity contribution is 0.323. The minimum Gasteiger partial charge on any atom is -0.341 e. The summed E-state index contributed by atoms with van der Waals surface area (Å²) in [4.78, 5) is 13.1. The van der Waals surface area contributed by atoms with Gasteiger partial charge in [0.2, 0.25) is 5.95 Å². The summed E-state index contributed by atoms with van der Waals surface area (Å²) in [5, 5.41) is 0. The number of nitrogens with zero attached hydrogens (tertiary/aromatic N) is 4. The molecule has 0 saturated heterocycles. The van der Waals surface area contributed by atoms with Crippen LogP contribution in [-0.2, 0) is 0 Å². The fraction of sp³-hybridized carbons (Fsp3) is 0.647. The molecule has 0 bridgehead atoms. The van der Waals surface area contributed by atoms with Crippen molar-refractivity contribution in [3.05, 3.63) is 16.9 Å². The van der Waals surface area contributed by atoms with E-state index in [0.717, 1.165) is 29.3 Å². The lowest BCUT2D eigenvalue weighted by Gasteiger charge is -2.34. The van der Waals surface area contributed by atoms with Crippen molar-refractivity contribution < 1.29 is 0 Å². The smallest absolute Gasteiger partial charge is 0.225 e. The van der Waals surface area contributed by atoms with Gasteiger partial charge in [-0.15, -0.1) is 5.92 Å². The highest BCUT2D eigenvalue weighted by molar-refractivity contribution is 9.10. The summed E-state index contributed by atoms with van der Waals surface area (Å²) in [5.41, 5.74) is 0. The molecule has 120 valence electrons. The summed E-state index contributed by atoms with van der Waals surface area (Å²) in [6.07, 6.45) is 9.57. The van der Waals surface area contributed by atoms with E-state index >= 15 is 0 Å². The summed E-state index contributed by atoms with van der Waals surface area (Å²) in [6, 6.07) is 0.548. The van der Waals surface area contributed by atoms with Crippen LogP contribution in [0, 0.1) is 17.8 Å². The van der Waals surface area contributed by atoms with Crippen LogP contribution in [0.4, 0.5) is 5.95 Å². The van der Waals surface area contributed by atoms with Crippen molar-refractivity contribution in [3.8, 4) is 11.8 Å². The van der Waals surface area contributed by atoms with Crippen molar-refractivity contribution in [2.45, 2.75) is 38.1 Å². The van der Waals surface area contributed by atoms with Gasteiger partial charge in [0.1, 0.15) is 0 Å². The SMILES string of the molecule is CN(C)CC#CCC1CCC(N(C)c2ncc(Br)cn2)CC1. The first kappa shape index (κ1) is 17.2. The molecule has 5 heteroatoms. The second kappa shape index (κ2) is 8.50. The van der Waals surface area contributed by atoms with Crippen LogP contribution in [0.5, 0.6) is 0 Å². The van der Waals surface area contributed by atoms with E-state index in [-0.39, 0.29) is 0 Å². The number of hydrogen-bond donors (Lipinski definition) is 0. The molecular weight excluding hydrogens is 340 g/mol. The molecule has 0 unspecified atom stereocenters. The minimum absolute atomic E-state index is 0.548. The summed E-state index contributed by atoms with van der Waals surface area (Å²) in [7, 11) is 6.21. The van der Waals surface area contributed by atoms with E-state index in [0.29, 0.717) is 6.04 Å². The monoisotopic (exact) mass is 364 g/mol. The largest absolute Gasteiger partial charge is 0.341 e. The Hall–Kier alpha value is -1.12. The molecule has 1 saturated carbocycles. The van der Waals surface area contributed by atoms with Crippen molar-refractivity contribution in [2.75, 3.05) is 32.6 Å². The molecule has 4 nitrogen and oxygen atoms in total. The van der Waals surface area contributed by atoms with Gasteiger partial charge in [0, 0.05) is 31.9 Å². The Bertz CT molecular complexity index is 510. The third-order valence-electron chi connectivity index (χ3n) is 4.20. The lowest BCUT2D eigenvalue weighted by Crippen LogP contribution is -2.36. The van der Waals surface area contributed by atoms with E-state index in [1.54, 1.807) is 0 Å². The standard InChI is InChI=1S/C17H25BrN4/c1-21(2)11-5-4-6-14-7-9-16(10-8-14)22(3)17-19-12-15(18)13-20-17/h12-14,16H,6-11H2,1-3H3. The van der Waals surface area contributed by atoms with Crippen molar-refractivity contribution in [3.63, 3.8) is 0 Å². The maximum Gasteiger partial charge on any atom is 0.225 e. The number of halogens is 1. The van der Waals surface area contributed by atoms with Crippen LogP contribution < -0.4 is 4.90 Å². The molecule has 0 radical (unpaired) electrons. The average Bonchev–Trinajstić information content (AvgIpc) is 2.52. The summed E-state index contributed by atoms with van der Waals surface area (Å²) < 4.78 is 0.921. The Morgan fingerprint density at radius 2 is 1.73 bits per heavy atom. The van der Waals surface area contributed by atoms with Gasteiger partial charge in [-0.05, 0) is 61.6 Å². The molecule has 0 aromatic carbocycles. The first-order valence-electron chi connectivity index (χ1n) is 7.87. The van der Waals surface area contributed by atoms with Gasteiger partial charge in [-0.1, -0.05) is 5.92 Å². The highest BCUT2D eigenvalue weighted by Crippen LogP contribution is 2.30. The third-order valence-corrected chi connectivity index (χ3v) is 4.61. The zero-order valence-corrected chi connectivity index (χ0v) is 15.3. The molecule has 1 heterocycles. The van der Waals surface area contributed by atoms with Crippen molar-refractivity contribution in [2.24, 2.45) is 5.92 Å². The number of hydrogen-bond acceptors (Lipinski definition) is 4. The quantitative estimate of drug-likeness (QED) is 0.768. The normalized spacial score (nSPS) is 21.3. The van der Waals surface area contributed by atoms with E-state index in [1.807, 2.05) is 12.4 Å². The molecule has 0 atom stereocenters. The molecule has 0 aliphatic heterocycles. The topological polar surface area (TPSA) is 32.3 Å². The van der Waals surface area contributed by atoms with E-state index in [4.69, 9.17) is 0 Å². The fourth-order valence-electron chi connectivity index (χ4n) is 2.82. The third kappa shape index (κ3) is 5.26. The van der Waals surface area contributed by atoms with Gasteiger partial charge in [-0.25, -0.2) is 9.97 Å². The predicted octanol–water partition coefficient (Wildman–Crippen LogP) is 3.19. The molecule has 1 aliphatic carbocycles. The maximum absolute atomic E-state index is 4.39.